The van der Waals surface area contributed by atoms with Gasteiger partial charge in [-0.2, -0.15) is 0 Å². The van der Waals surface area contributed by atoms with Crippen molar-refractivity contribution in [2.24, 2.45) is 0 Å². The molecule has 0 atom stereocenters. The van der Waals surface area contributed by atoms with E-state index in [-0.39, 0.29) is 6.29 Å². The van der Waals surface area contributed by atoms with Crippen molar-refractivity contribution in [2.45, 2.75) is 6.92 Å². The fourth-order valence-corrected chi connectivity index (χ4v) is 1.01. The van der Waals surface area contributed by atoms with E-state index in [4.69, 9.17) is 4.74 Å². The summed E-state index contributed by atoms with van der Waals surface area (Å²) < 4.78 is 5.25. The summed E-state index contributed by atoms with van der Waals surface area (Å²) >= 11 is 0. The van der Waals surface area contributed by atoms with E-state index in [2.05, 4.69) is 5.32 Å². The summed E-state index contributed by atoms with van der Waals surface area (Å²) in [6.07, 6.45) is 0.225. The lowest BCUT2D eigenvalue weighted by atomic mass is 10.3. The summed E-state index contributed by atoms with van der Waals surface area (Å²) in [7, 11) is 0. The van der Waals surface area contributed by atoms with Gasteiger partial charge in [-0.1, -0.05) is 12.1 Å². The second-order valence-corrected chi connectivity index (χ2v) is 2.54. The number of anilines is 1. The summed E-state index contributed by atoms with van der Waals surface area (Å²) in [6, 6.07) is 6.95. The number of carbonyl (C=O) groups is 2. The number of aldehydes is 1. The van der Waals surface area contributed by atoms with Crippen LogP contribution in [0.1, 0.15) is 6.92 Å². The highest BCUT2D eigenvalue weighted by Crippen LogP contribution is 2.23. The lowest BCUT2D eigenvalue weighted by molar-refractivity contribution is -0.127. The Hall–Kier alpha value is -1.84. The molecule has 0 saturated carbocycles. The number of rotatable bonds is 4. The van der Waals surface area contributed by atoms with Crippen LogP contribution in [0.4, 0.5) is 5.69 Å². The monoisotopic (exact) mass is 193 g/mol. The van der Waals surface area contributed by atoms with Gasteiger partial charge in [-0.05, 0) is 19.1 Å². The van der Waals surface area contributed by atoms with E-state index < -0.39 is 5.91 Å². The van der Waals surface area contributed by atoms with Gasteiger partial charge < -0.3 is 10.1 Å². The maximum absolute atomic E-state index is 10.8. The van der Waals surface area contributed by atoms with Gasteiger partial charge in [0.1, 0.15) is 5.75 Å². The predicted molar refractivity (Wildman–Crippen MR) is 52.3 cm³/mol. The van der Waals surface area contributed by atoms with Crippen LogP contribution in [0.2, 0.25) is 0 Å². The van der Waals surface area contributed by atoms with Gasteiger partial charge >= 0.3 is 0 Å². The Morgan fingerprint density at radius 2 is 2.21 bits per heavy atom. The molecule has 0 bridgehead atoms. The molecule has 1 amide bonds. The average molecular weight is 193 g/mol. The first kappa shape index (κ1) is 10.2. The Morgan fingerprint density at radius 3 is 2.86 bits per heavy atom. The second-order valence-electron chi connectivity index (χ2n) is 2.54. The zero-order valence-electron chi connectivity index (χ0n) is 7.82. The van der Waals surface area contributed by atoms with Crippen molar-refractivity contribution < 1.29 is 14.3 Å². The lowest BCUT2D eigenvalue weighted by Gasteiger charge is -2.08. The topological polar surface area (TPSA) is 55.4 Å². The van der Waals surface area contributed by atoms with E-state index in [9.17, 15) is 9.59 Å². The number of amides is 1. The third-order valence-electron chi connectivity index (χ3n) is 1.55. The smallest absolute Gasteiger partial charge is 0.288 e. The lowest BCUT2D eigenvalue weighted by Crippen LogP contribution is -2.13. The SMILES string of the molecule is CCOc1ccccc1NC(=O)C=O. The van der Waals surface area contributed by atoms with Crippen LogP contribution in [0, 0.1) is 0 Å². The third kappa shape index (κ3) is 2.58. The van der Waals surface area contributed by atoms with Crippen LogP contribution < -0.4 is 10.1 Å². The molecular weight excluding hydrogens is 182 g/mol. The molecule has 0 spiro atoms. The summed E-state index contributed by atoms with van der Waals surface area (Å²) in [5.74, 6) is -0.123. The number of para-hydroxylation sites is 2. The van der Waals surface area contributed by atoms with E-state index in [0.29, 0.717) is 18.0 Å². The summed E-state index contributed by atoms with van der Waals surface area (Å²) in [5.41, 5.74) is 0.506. The van der Waals surface area contributed by atoms with Crippen LogP contribution in [-0.2, 0) is 9.59 Å². The molecule has 74 valence electrons. The van der Waals surface area contributed by atoms with E-state index in [1.165, 1.54) is 0 Å². The van der Waals surface area contributed by atoms with Gasteiger partial charge in [0.25, 0.3) is 5.91 Å². The Morgan fingerprint density at radius 1 is 1.50 bits per heavy atom. The van der Waals surface area contributed by atoms with Gasteiger partial charge in [-0.25, -0.2) is 0 Å². The Balaban J connectivity index is 2.83. The molecule has 0 heterocycles. The first-order chi connectivity index (χ1) is 6.77. The third-order valence-corrected chi connectivity index (χ3v) is 1.55. The summed E-state index contributed by atoms with van der Waals surface area (Å²) in [4.78, 5) is 20.9. The van der Waals surface area contributed by atoms with Crippen molar-refractivity contribution in [3.05, 3.63) is 24.3 Å². The van der Waals surface area contributed by atoms with Crippen LogP contribution in [0.5, 0.6) is 5.75 Å². The van der Waals surface area contributed by atoms with Gasteiger partial charge in [0.05, 0.1) is 12.3 Å². The Kier molecular flexibility index (Phi) is 3.67. The quantitative estimate of drug-likeness (QED) is 0.577. The van der Waals surface area contributed by atoms with E-state index in [1.54, 1.807) is 24.3 Å². The average Bonchev–Trinajstić information content (AvgIpc) is 2.21. The molecule has 4 nitrogen and oxygen atoms in total. The Labute approximate surface area is 81.9 Å². The van der Waals surface area contributed by atoms with Gasteiger partial charge in [-0.15, -0.1) is 0 Å². The van der Waals surface area contributed by atoms with Crippen molar-refractivity contribution in [3.63, 3.8) is 0 Å². The maximum atomic E-state index is 10.8. The molecule has 1 rings (SSSR count). The van der Waals surface area contributed by atoms with Gasteiger partial charge in [0.2, 0.25) is 6.29 Å². The fourth-order valence-electron chi connectivity index (χ4n) is 1.01. The van der Waals surface area contributed by atoms with Crippen molar-refractivity contribution in [3.8, 4) is 5.75 Å². The molecule has 0 fully saturated rings. The minimum Gasteiger partial charge on any atom is -0.492 e. The van der Waals surface area contributed by atoms with Crippen LogP contribution in [0.15, 0.2) is 24.3 Å². The fraction of sp³-hybridized carbons (Fsp3) is 0.200. The molecule has 0 saturated heterocycles. The normalized spacial score (nSPS) is 9.21. The highest BCUT2D eigenvalue weighted by atomic mass is 16.5. The van der Waals surface area contributed by atoms with Gasteiger partial charge in [0.15, 0.2) is 0 Å². The molecule has 1 N–H and O–H groups in total. The second kappa shape index (κ2) is 5.01. The largest absolute Gasteiger partial charge is 0.492 e. The summed E-state index contributed by atoms with van der Waals surface area (Å²) in [6.45, 7) is 2.35. The molecular formula is C10H11NO3. The molecule has 0 radical (unpaired) electrons. The van der Waals surface area contributed by atoms with Gasteiger partial charge in [-0.3, -0.25) is 9.59 Å². The van der Waals surface area contributed by atoms with Crippen molar-refractivity contribution in [1.82, 2.24) is 0 Å². The molecule has 1 aromatic carbocycles. The molecule has 0 aliphatic carbocycles. The minimum atomic E-state index is -0.683. The first-order valence-corrected chi connectivity index (χ1v) is 4.26. The van der Waals surface area contributed by atoms with Crippen molar-refractivity contribution in [2.75, 3.05) is 11.9 Å². The number of ether oxygens (including phenoxy) is 1. The van der Waals surface area contributed by atoms with E-state index >= 15 is 0 Å². The predicted octanol–water partition coefficient (Wildman–Crippen LogP) is 1.22. The number of benzene rings is 1. The highest BCUT2D eigenvalue weighted by Gasteiger charge is 2.04. The van der Waals surface area contributed by atoms with Crippen molar-refractivity contribution >= 4 is 17.9 Å². The first-order valence-electron chi connectivity index (χ1n) is 4.26. The zero-order valence-corrected chi connectivity index (χ0v) is 7.82. The van der Waals surface area contributed by atoms with Gasteiger partial charge in [0, 0.05) is 0 Å². The standard InChI is InChI=1S/C10H11NO3/c1-2-14-9-6-4-3-5-8(9)11-10(13)7-12/h3-7H,2H2,1H3,(H,11,13). The Bertz CT molecular complexity index is 336. The maximum Gasteiger partial charge on any atom is 0.288 e. The van der Waals surface area contributed by atoms with Crippen LogP contribution in [0.3, 0.4) is 0 Å². The number of hydrogen-bond acceptors (Lipinski definition) is 3. The van der Waals surface area contributed by atoms with Crippen LogP contribution in [-0.4, -0.2) is 18.8 Å². The minimum absolute atomic E-state index is 0.225. The molecule has 0 aliphatic heterocycles. The summed E-state index contributed by atoms with van der Waals surface area (Å²) in [5, 5.41) is 2.41. The molecule has 0 unspecified atom stereocenters. The molecule has 1 aromatic rings. The molecule has 0 aliphatic rings. The van der Waals surface area contributed by atoms with E-state index in [0.717, 1.165) is 0 Å². The molecule has 14 heavy (non-hydrogen) atoms. The number of hydrogen-bond donors (Lipinski definition) is 1. The number of carbonyl (C=O) groups excluding carboxylic acids is 2. The zero-order chi connectivity index (χ0) is 10.4. The highest BCUT2D eigenvalue weighted by molar-refractivity contribution is 6.29. The van der Waals surface area contributed by atoms with Crippen LogP contribution >= 0.6 is 0 Å². The molecule has 0 aromatic heterocycles. The van der Waals surface area contributed by atoms with Crippen LogP contribution in [0.25, 0.3) is 0 Å². The van der Waals surface area contributed by atoms with E-state index in [1.807, 2.05) is 6.92 Å². The molecule has 4 heteroatoms. The van der Waals surface area contributed by atoms with Crippen molar-refractivity contribution in [1.29, 1.82) is 0 Å². The number of nitrogens with one attached hydrogen (secondary N) is 1.